The maximum Gasteiger partial charge on any atom is 0.324 e. The summed E-state index contributed by atoms with van der Waals surface area (Å²) in [6.07, 6.45) is 0. The number of carboxylic acid groups (broad SMARTS) is 1. The molecule has 1 N–H and O–H groups in total. The highest BCUT2D eigenvalue weighted by Crippen LogP contribution is 2.25. The molecule has 0 saturated heterocycles. The van der Waals surface area contributed by atoms with Gasteiger partial charge in [-0.15, -0.1) is 0 Å². The average molecular weight is 264 g/mol. The molecule has 0 aliphatic heterocycles. The first kappa shape index (κ1) is 15.2. The Kier molecular flexibility index (Phi) is 4.70. The molecule has 0 spiro atoms. The standard InChI is InChI=1S/C15H20O4/c1-5-19-14(18)12(13(16)17)10-6-8-11(9-7-10)15(2,3)4/h6-9,12H,5H2,1-4H3,(H,16,17). The SMILES string of the molecule is CCOC(=O)C(C(=O)O)c1ccc(C(C)(C)C)cc1. The quantitative estimate of drug-likeness (QED) is 0.671. The lowest BCUT2D eigenvalue weighted by Crippen LogP contribution is -2.24. The highest BCUT2D eigenvalue weighted by Gasteiger charge is 2.29. The fourth-order valence-electron chi connectivity index (χ4n) is 1.78. The molecule has 19 heavy (non-hydrogen) atoms. The minimum absolute atomic E-state index is 0.0127. The van der Waals surface area contributed by atoms with E-state index in [1.54, 1.807) is 19.1 Å². The zero-order valence-electron chi connectivity index (χ0n) is 11.8. The van der Waals surface area contributed by atoms with Gasteiger partial charge in [0.2, 0.25) is 0 Å². The number of carboxylic acids is 1. The number of benzene rings is 1. The third kappa shape index (κ3) is 3.81. The number of esters is 1. The molecule has 4 heteroatoms. The van der Waals surface area contributed by atoms with E-state index < -0.39 is 17.9 Å². The molecule has 0 saturated carbocycles. The number of rotatable bonds is 4. The third-order valence-electron chi connectivity index (χ3n) is 2.88. The molecule has 0 aliphatic rings. The number of carbonyl (C=O) groups is 2. The molecule has 0 aliphatic carbocycles. The van der Waals surface area contributed by atoms with E-state index in [9.17, 15) is 9.59 Å². The second-order valence-electron chi connectivity index (χ2n) is 5.40. The van der Waals surface area contributed by atoms with Gasteiger partial charge in [0.15, 0.2) is 5.92 Å². The molecule has 0 radical (unpaired) electrons. The second kappa shape index (κ2) is 5.87. The van der Waals surface area contributed by atoms with Crippen LogP contribution in [-0.2, 0) is 19.7 Å². The van der Waals surface area contributed by atoms with Crippen molar-refractivity contribution in [3.63, 3.8) is 0 Å². The first-order valence-corrected chi connectivity index (χ1v) is 6.27. The first-order chi connectivity index (χ1) is 8.77. The van der Waals surface area contributed by atoms with Crippen LogP contribution in [0.4, 0.5) is 0 Å². The van der Waals surface area contributed by atoms with Crippen molar-refractivity contribution in [1.29, 1.82) is 0 Å². The number of hydrogen-bond donors (Lipinski definition) is 1. The summed E-state index contributed by atoms with van der Waals surface area (Å²) >= 11 is 0. The third-order valence-corrected chi connectivity index (χ3v) is 2.88. The molecule has 4 nitrogen and oxygen atoms in total. The molecule has 0 bridgehead atoms. The van der Waals surface area contributed by atoms with Gasteiger partial charge >= 0.3 is 11.9 Å². The van der Waals surface area contributed by atoms with Gasteiger partial charge in [0, 0.05) is 0 Å². The Hall–Kier alpha value is -1.84. The van der Waals surface area contributed by atoms with Crippen LogP contribution in [0.25, 0.3) is 0 Å². The van der Waals surface area contributed by atoms with Gasteiger partial charge in [0.05, 0.1) is 6.61 Å². The topological polar surface area (TPSA) is 63.6 Å². The van der Waals surface area contributed by atoms with Crippen LogP contribution in [-0.4, -0.2) is 23.7 Å². The minimum atomic E-state index is -1.26. The summed E-state index contributed by atoms with van der Waals surface area (Å²) < 4.78 is 4.80. The van der Waals surface area contributed by atoms with Gasteiger partial charge in [-0.25, -0.2) is 0 Å². The van der Waals surface area contributed by atoms with E-state index in [0.717, 1.165) is 5.56 Å². The maximum atomic E-state index is 11.7. The highest BCUT2D eigenvalue weighted by molar-refractivity contribution is 5.99. The average Bonchev–Trinajstić information content (AvgIpc) is 2.28. The lowest BCUT2D eigenvalue weighted by Gasteiger charge is -2.20. The molecule has 1 aromatic carbocycles. The molecule has 1 aromatic rings. The lowest BCUT2D eigenvalue weighted by atomic mass is 9.85. The van der Waals surface area contributed by atoms with Crippen LogP contribution in [0.2, 0.25) is 0 Å². The zero-order chi connectivity index (χ0) is 14.6. The van der Waals surface area contributed by atoms with Gasteiger partial charge < -0.3 is 9.84 Å². The van der Waals surface area contributed by atoms with Gasteiger partial charge in [-0.3, -0.25) is 9.59 Å². The minimum Gasteiger partial charge on any atom is -0.480 e. The van der Waals surface area contributed by atoms with E-state index in [-0.39, 0.29) is 12.0 Å². The van der Waals surface area contributed by atoms with Crippen LogP contribution < -0.4 is 0 Å². The molecule has 0 fully saturated rings. The van der Waals surface area contributed by atoms with Crippen LogP contribution in [0.1, 0.15) is 44.7 Å². The van der Waals surface area contributed by atoms with E-state index in [1.165, 1.54) is 0 Å². The van der Waals surface area contributed by atoms with E-state index in [0.29, 0.717) is 5.56 Å². The van der Waals surface area contributed by atoms with Gasteiger partial charge in [0.25, 0.3) is 0 Å². The van der Waals surface area contributed by atoms with E-state index in [4.69, 9.17) is 9.84 Å². The van der Waals surface area contributed by atoms with E-state index in [1.807, 2.05) is 12.1 Å². The summed E-state index contributed by atoms with van der Waals surface area (Å²) in [6.45, 7) is 8.04. The highest BCUT2D eigenvalue weighted by atomic mass is 16.5. The molecule has 1 atom stereocenters. The Labute approximate surface area is 113 Å². The number of carbonyl (C=O) groups excluding carboxylic acids is 1. The lowest BCUT2D eigenvalue weighted by molar-refractivity contribution is -0.153. The van der Waals surface area contributed by atoms with Crippen molar-refractivity contribution in [1.82, 2.24) is 0 Å². The van der Waals surface area contributed by atoms with Gasteiger partial charge in [-0.2, -0.15) is 0 Å². The van der Waals surface area contributed by atoms with Crippen LogP contribution >= 0.6 is 0 Å². The number of hydrogen-bond acceptors (Lipinski definition) is 3. The van der Waals surface area contributed by atoms with Crippen LogP contribution in [0, 0.1) is 0 Å². The Morgan fingerprint density at radius 3 is 2.11 bits per heavy atom. The summed E-state index contributed by atoms with van der Waals surface area (Å²) in [4.78, 5) is 22.9. The van der Waals surface area contributed by atoms with Crippen molar-refractivity contribution in [3.8, 4) is 0 Å². The molecular formula is C15H20O4. The van der Waals surface area contributed by atoms with Crippen LogP contribution in [0.15, 0.2) is 24.3 Å². The van der Waals surface area contributed by atoms with Gasteiger partial charge in [-0.05, 0) is 23.5 Å². The fraction of sp³-hybridized carbons (Fsp3) is 0.467. The monoisotopic (exact) mass is 264 g/mol. The Balaban J connectivity index is 3.05. The van der Waals surface area contributed by atoms with Gasteiger partial charge in [-0.1, -0.05) is 45.0 Å². The van der Waals surface area contributed by atoms with Crippen molar-refractivity contribution < 1.29 is 19.4 Å². The summed E-state index contributed by atoms with van der Waals surface area (Å²) in [6, 6.07) is 7.06. The van der Waals surface area contributed by atoms with E-state index >= 15 is 0 Å². The normalized spacial score (nSPS) is 12.8. The van der Waals surface area contributed by atoms with Crippen molar-refractivity contribution in [2.45, 2.75) is 39.0 Å². The summed E-state index contributed by atoms with van der Waals surface area (Å²) in [7, 11) is 0. The van der Waals surface area contributed by atoms with Crippen molar-refractivity contribution in [2.24, 2.45) is 0 Å². The Morgan fingerprint density at radius 1 is 1.21 bits per heavy atom. The maximum absolute atomic E-state index is 11.7. The molecule has 1 rings (SSSR count). The Morgan fingerprint density at radius 2 is 1.74 bits per heavy atom. The van der Waals surface area contributed by atoms with E-state index in [2.05, 4.69) is 20.8 Å². The van der Waals surface area contributed by atoms with Crippen molar-refractivity contribution in [3.05, 3.63) is 35.4 Å². The number of ether oxygens (including phenoxy) is 1. The fourth-order valence-corrected chi connectivity index (χ4v) is 1.78. The van der Waals surface area contributed by atoms with Crippen LogP contribution in [0.5, 0.6) is 0 Å². The predicted molar refractivity (Wildman–Crippen MR) is 72.2 cm³/mol. The molecule has 104 valence electrons. The van der Waals surface area contributed by atoms with Crippen molar-refractivity contribution >= 4 is 11.9 Å². The summed E-state index contributed by atoms with van der Waals surface area (Å²) in [5, 5.41) is 9.15. The Bertz CT molecular complexity index is 454. The van der Waals surface area contributed by atoms with Crippen LogP contribution in [0.3, 0.4) is 0 Å². The second-order valence-corrected chi connectivity index (χ2v) is 5.40. The smallest absolute Gasteiger partial charge is 0.324 e. The summed E-state index contributed by atoms with van der Waals surface area (Å²) in [5.41, 5.74) is 1.52. The van der Waals surface area contributed by atoms with Crippen molar-refractivity contribution in [2.75, 3.05) is 6.61 Å². The largest absolute Gasteiger partial charge is 0.480 e. The predicted octanol–water partition coefficient (Wildman–Crippen LogP) is 2.72. The molecule has 0 aromatic heterocycles. The van der Waals surface area contributed by atoms with Gasteiger partial charge in [0.1, 0.15) is 0 Å². The summed E-state index contributed by atoms with van der Waals surface area (Å²) in [5.74, 6) is -3.17. The molecule has 0 amide bonds. The zero-order valence-corrected chi connectivity index (χ0v) is 11.8. The number of aliphatic carboxylic acids is 1. The molecule has 1 unspecified atom stereocenters. The molecular weight excluding hydrogens is 244 g/mol. The molecule has 0 heterocycles. The first-order valence-electron chi connectivity index (χ1n) is 6.27.